The highest BCUT2D eigenvalue weighted by Gasteiger charge is 2.48. The standard InChI is InChI=1S/C17H21ClN4O/c1-10-7-19-15(18)12-8-20-16(22(10)12)11-4-5-13-17(2,3)6-14(23)21(13)9-11/h7-8,11,13H,4-6,9H2,1-3H3/t11-,13+/m0/s1. The van der Waals surface area contributed by atoms with Crippen LogP contribution in [0.1, 0.15) is 50.5 Å². The third-order valence-electron chi connectivity index (χ3n) is 5.49. The Morgan fingerprint density at radius 2 is 2.04 bits per heavy atom. The Balaban J connectivity index is 1.71. The molecule has 2 atom stereocenters. The number of aromatic nitrogens is 3. The molecule has 0 unspecified atom stereocenters. The number of rotatable bonds is 1. The van der Waals surface area contributed by atoms with Crippen molar-refractivity contribution in [2.45, 2.75) is 52.0 Å². The van der Waals surface area contributed by atoms with Gasteiger partial charge in [-0.2, -0.15) is 0 Å². The van der Waals surface area contributed by atoms with Crippen molar-refractivity contribution in [1.82, 2.24) is 19.3 Å². The number of imidazole rings is 1. The van der Waals surface area contributed by atoms with E-state index in [1.165, 1.54) is 0 Å². The molecular formula is C17H21ClN4O. The summed E-state index contributed by atoms with van der Waals surface area (Å²) < 4.78 is 2.09. The van der Waals surface area contributed by atoms with Gasteiger partial charge in [-0.25, -0.2) is 9.97 Å². The molecule has 6 heteroatoms. The lowest BCUT2D eigenvalue weighted by Crippen LogP contribution is -2.44. The van der Waals surface area contributed by atoms with Crippen molar-refractivity contribution >= 4 is 23.0 Å². The van der Waals surface area contributed by atoms with Gasteiger partial charge in [0.15, 0.2) is 5.15 Å². The second-order valence-electron chi connectivity index (χ2n) is 7.53. The van der Waals surface area contributed by atoms with Crippen LogP contribution in [0.3, 0.4) is 0 Å². The van der Waals surface area contributed by atoms with Gasteiger partial charge in [0, 0.05) is 36.8 Å². The molecule has 122 valence electrons. The van der Waals surface area contributed by atoms with E-state index in [1.54, 1.807) is 12.4 Å². The van der Waals surface area contributed by atoms with Gasteiger partial charge in [-0.3, -0.25) is 9.20 Å². The number of hydrogen-bond acceptors (Lipinski definition) is 3. The maximum Gasteiger partial charge on any atom is 0.223 e. The summed E-state index contributed by atoms with van der Waals surface area (Å²) in [5.74, 6) is 1.53. The molecule has 2 saturated heterocycles. The zero-order valence-corrected chi connectivity index (χ0v) is 14.5. The molecule has 2 fully saturated rings. The number of hydrogen-bond donors (Lipinski definition) is 0. The van der Waals surface area contributed by atoms with E-state index in [9.17, 15) is 4.79 Å². The first-order valence-corrected chi connectivity index (χ1v) is 8.54. The minimum Gasteiger partial charge on any atom is -0.338 e. The van der Waals surface area contributed by atoms with E-state index in [2.05, 4.69) is 33.1 Å². The lowest BCUT2D eigenvalue weighted by atomic mass is 9.79. The van der Waals surface area contributed by atoms with Gasteiger partial charge >= 0.3 is 0 Å². The lowest BCUT2D eigenvalue weighted by Gasteiger charge is -2.39. The number of fused-ring (bicyclic) bond motifs is 2. The molecule has 2 aliphatic heterocycles. The average Bonchev–Trinajstić information content (AvgIpc) is 3.04. The van der Waals surface area contributed by atoms with Crippen LogP contribution in [0.15, 0.2) is 12.4 Å². The van der Waals surface area contributed by atoms with E-state index in [0.717, 1.165) is 36.4 Å². The number of carbonyl (C=O) groups excluding carboxylic acids is 1. The lowest BCUT2D eigenvalue weighted by molar-refractivity contribution is -0.130. The Morgan fingerprint density at radius 1 is 1.26 bits per heavy atom. The topological polar surface area (TPSA) is 50.5 Å². The fourth-order valence-corrected chi connectivity index (χ4v) is 4.51. The normalized spacial score (nSPS) is 26.8. The predicted octanol–water partition coefficient (Wildman–Crippen LogP) is 3.20. The summed E-state index contributed by atoms with van der Waals surface area (Å²) in [6.07, 6.45) is 6.31. The monoisotopic (exact) mass is 332 g/mol. The molecule has 2 aliphatic rings. The Hall–Kier alpha value is -1.62. The average molecular weight is 333 g/mol. The summed E-state index contributed by atoms with van der Waals surface area (Å²) in [6, 6.07) is 0.365. The Bertz CT molecular complexity index is 797. The van der Waals surface area contributed by atoms with Gasteiger partial charge in [-0.05, 0) is 25.2 Å². The van der Waals surface area contributed by atoms with Crippen LogP contribution >= 0.6 is 11.6 Å². The van der Waals surface area contributed by atoms with E-state index in [-0.39, 0.29) is 17.2 Å². The third-order valence-corrected chi connectivity index (χ3v) is 5.79. The van der Waals surface area contributed by atoms with Gasteiger partial charge in [0.05, 0.1) is 6.20 Å². The van der Waals surface area contributed by atoms with Crippen LogP contribution in [0.5, 0.6) is 0 Å². The first-order valence-electron chi connectivity index (χ1n) is 8.16. The Kier molecular flexibility index (Phi) is 3.21. The summed E-state index contributed by atoms with van der Waals surface area (Å²) in [4.78, 5) is 23.3. The summed E-state index contributed by atoms with van der Waals surface area (Å²) in [5, 5.41) is 0.474. The number of aryl methyl sites for hydroxylation is 1. The van der Waals surface area contributed by atoms with E-state index in [1.807, 2.05) is 6.92 Å². The van der Waals surface area contributed by atoms with E-state index < -0.39 is 0 Å². The molecule has 4 heterocycles. The zero-order chi connectivity index (χ0) is 16.4. The van der Waals surface area contributed by atoms with Crippen molar-refractivity contribution in [3.63, 3.8) is 0 Å². The maximum atomic E-state index is 12.4. The number of nitrogens with zero attached hydrogens (tertiary/aromatic N) is 4. The van der Waals surface area contributed by atoms with Crippen molar-refractivity contribution in [3.8, 4) is 0 Å². The molecule has 0 aromatic carbocycles. The molecule has 23 heavy (non-hydrogen) atoms. The minimum absolute atomic E-state index is 0.0832. The quantitative estimate of drug-likeness (QED) is 0.805. The second-order valence-corrected chi connectivity index (χ2v) is 7.89. The van der Waals surface area contributed by atoms with Gasteiger partial charge in [0.2, 0.25) is 5.91 Å². The minimum atomic E-state index is 0.0832. The molecule has 0 N–H and O–H groups in total. The fourth-order valence-electron chi connectivity index (χ4n) is 4.32. The number of halogens is 1. The highest BCUT2D eigenvalue weighted by Crippen LogP contribution is 2.44. The van der Waals surface area contributed by atoms with Crippen molar-refractivity contribution in [3.05, 3.63) is 29.1 Å². The third kappa shape index (κ3) is 2.17. The maximum absolute atomic E-state index is 12.4. The smallest absolute Gasteiger partial charge is 0.223 e. The first kappa shape index (κ1) is 14.9. The molecule has 0 radical (unpaired) electrons. The fraction of sp³-hybridized carbons (Fsp3) is 0.588. The van der Waals surface area contributed by atoms with Gasteiger partial charge in [-0.1, -0.05) is 25.4 Å². The van der Waals surface area contributed by atoms with Gasteiger partial charge in [-0.15, -0.1) is 0 Å². The highest BCUT2D eigenvalue weighted by molar-refractivity contribution is 6.32. The molecule has 0 saturated carbocycles. The largest absolute Gasteiger partial charge is 0.338 e. The Morgan fingerprint density at radius 3 is 2.83 bits per heavy atom. The second kappa shape index (κ2) is 4.94. The predicted molar refractivity (Wildman–Crippen MR) is 88.6 cm³/mol. The van der Waals surface area contributed by atoms with Crippen LogP contribution in [-0.2, 0) is 4.79 Å². The molecule has 0 aliphatic carbocycles. The highest BCUT2D eigenvalue weighted by atomic mass is 35.5. The van der Waals surface area contributed by atoms with E-state index in [4.69, 9.17) is 11.6 Å². The molecule has 4 rings (SSSR count). The number of carbonyl (C=O) groups is 1. The molecule has 2 aromatic heterocycles. The van der Waals surface area contributed by atoms with Crippen LogP contribution in [-0.4, -0.2) is 37.8 Å². The Labute approximate surface area is 140 Å². The summed E-state index contributed by atoms with van der Waals surface area (Å²) in [5.41, 5.74) is 1.95. The van der Waals surface area contributed by atoms with Crippen LogP contribution in [0.2, 0.25) is 5.15 Å². The van der Waals surface area contributed by atoms with E-state index in [0.29, 0.717) is 17.6 Å². The van der Waals surface area contributed by atoms with Crippen molar-refractivity contribution in [1.29, 1.82) is 0 Å². The molecule has 1 amide bonds. The molecule has 5 nitrogen and oxygen atoms in total. The number of piperidine rings is 1. The van der Waals surface area contributed by atoms with Crippen molar-refractivity contribution in [2.24, 2.45) is 5.41 Å². The first-order chi connectivity index (χ1) is 10.9. The van der Waals surface area contributed by atoms with Gasteiger partial charge in [0.25, 0.3) is 0 Å². The van der Waals surface area contributed by atoms with Crippen molar-refractivity contribution in [2.75, 3.05) is 6.54 Å². The summed E-state index contributed by atoms with van der Waals surface area (Å²) in [6.45, 7) is 7.18. The van der Waals surface area contributed by atoms with Crippen molar-refractivity contribution < 1.29 is 4.79 Å². The van der Waals surface area contributed by atoms with Gasteiger partial charge < -0.3 is 4.90 Å². The summed E-state index contributed by atoms with van der Waals surface area (Å²) >= 11 is 6.19. The van der Waals surface area contributed by atoms with Crippen LogP contribution in [0.25, 0.3) is 5.52 Å². The van der Waals surface area contributed by atoms with E-state index >= 15 is 0 Å². The molecule has 0 bridgehead atoms. The SMILES string of the molecule is Cc1cnc(Cl)c2cnc([C@H]3CC[C@H]4N(C3)C(=O)CC4(C)C)n12. The van der Waals surface area contributed by atoms with Crippen LogP contribution in [0, 0.1) is 12.3 Å². The van der Waals surface area contributed by atoms with Crippen LogP contribution < -0.4 is 0 Å². The molecular weight excluding hydrogens is 312 g/mol. The van der Waals surface area contributed by atoms with Gasteiger partial charge in [0.1, 0.15) is 11.3 Å². The zero-order valence-electron chi connectivity index (χ0n) is 13.7. The molecule has 0 spiro atoms. The number of amides is 1. The van der Waals surface area contributed by atoms with Crippen LogP contribution in [0.4, 0.5) is 0 Å². The molecule has 2 aromatic rings. The summed E-state index contributed by atoms with van der Waals surface area (Å²) in [7, 11) is 0.